The zero-order chi connectivity index (χ0) is 4.99. The fourth-order valence-corrected chi connectivity index (χ4v) is 0.147. The second-order valence-electron chi connectivity index (χ2n) is 0.566. The van der Waals surface area contributed by atoms with E-state index in [0.29, 0.717) is 0 Å². The minimum absolute atomic E-state index is 0. The van der Waals surface area contributed by atoms with Crippen molar-refractivity contribution in [2.24, 2.45) is 0 Å². The van der Waals surface area contributed by atoms with E-state index >= 15 is 0 Å². The van der Waals surface area contributed by atoms with Crippen molar-refractivity contribution >= 4 is 5.97 Å². The Morgan fingerprint density at radius 1 is 1.71 bits per heavy atom. The van der Waals surface area contributed by atoms with Gasteiger partial charge in [-0.2, -0.15) is 0 Å². The molecule has 0 aliphatic heterocycles. The summed E-state index contributed by atoms with van der Waals surface area (Å²) >= 11 is 0.0700. The van der Waals surface area contributed by atoms with Crippen LogP contribution in [0, 0.1) is 0 Å². The van der Waals surface area contributed by atoms with Crippen LogP contribution in [-0.4, -0.2) is 5.97 Å². The van der Waals surface area contributed by atoms with Crippen LogP contribution in [0.1, 0.15) is 0 Å². The summed E-state index contributed by atoms with van der Waals surface area (Å²) in [5, 5.41) is 8.80. The molecule has 0 saturated heterocycles. The van der Waals surface area contributed by atoms with Crippen molar-refractivity contribution in [3.8, 4) is 0 Å². The van der Waals surface area contributed by atoms with E-state index in [4.69, 9.17) is 0 Å². The Bertz CT molecular complexity index is 71.3. The van der Waals surface area contributed by atoms with Gasteiger partial charge in [0, 0.05) is 0 Å². The Labute approximate surface area is 57.3 Å². The molecule has 0 aromatic rings. The quantitative estimate of drug-likeness (QED) is 0.515. The monoisotopic (exact) mass is 200 g/mol. The molecule has 0 aromatic heterocycles. The molecule has 0 saturated carbocycles. The molecular weight excluding hydrogens is 199 g/mol. The molecule has 3 nitrogen and oxygen atoms in total. The molecule has 0 heterocycles. The van der Waals surface area contributed by atoms with E-state index in [0.717, 1.165) is 0 Å². The standard InChI is InChI=1S/C2H3O2.2Cu.O/c1-2(3)4;;;/h1H2,(H,3,4);;;/q;;+1;/p-1. The van der Waals surface area contributed by atoms with Crippen molar-refractivity contribution in [2.75, 3.05) is 0 Å². The molecule has 0 atom stereocenters. The SMILES string of the molecule is [Cu+].[O]=[Cu][CH2]C(=O)[O-]. The Balaban J connectivity index is 0. The molecular formula is C2H2Cu2O3. The van der Waals surface area contributed by atoms with Gasteiger partial charge in [-0.05, 0) is 0 Å². The zero-order valence-electron chi connectivity index (χ0n) is 3.03. The Morgan fingerprint density at radius 2 is 2.14 bits per heavy atom. The van der Waals surface area contributed by atoms with Gasteiger partial charge in [0.15, 0.2) is 0 Å². The van der Waals surface area contributed by atoms with Crippen molar-refractivity contribution in [3.63, 3.8) is 0 Å². The number of carbonyl (C=O) groups excluding carboxylic acids is 1. The van der Waals surface area contributed by atoms with Crippen LogP contribution in [0.15, 0.2) is 0 Å². The average Bonchev–Trinajstić information content (AvgIpc) is 1.35. The number of carboxylic acid groups (broad SMARTS) is 1. The molecule has 50 valence electrons. The number of hydrogen-bond acceptors (Lipinski definition) is 3. The van der Waals surface area contributed by atoms with Gasteiger partial charge in [-0.1, -0.05) is 0 Å². The summed E-state index contributed by atoms with van der Waals surface area (Å²) in [7, 11) is 0. The van der Waals surface area contributed by atoms with Crippen molar-refractivity contribution < 1.29 is 45.7 Å². The van der Waals surface area contributed by atoms with Gasteiger partial charge in [0.1, 0.15) is 0 Å². The van der Waals surface area contributed by atoms with Gasteiger partial charge < -0.3 is 0 Å². The van der Waals surface area contributed by atoms with Crippen LogP contribution in [0.4, 0.5) is 0 Å². The van der Waals surface area contributed by atoms with E-state index in [9.17, 15) is 13.7 Å². The van der Waals surface area contributed by atoms with Crippen LogP contribution in [-0.2, 0) is 40.6 Å². The van der Waals surface area contributed by atoms with Gasteiger partial charge in [0.05, 0.1) is 0 Å². The van der Waals surface area contributed by atoms with Crippen LogP contribution in [0.5, 0.6) is 0 Å². The molecule has 0 radical (unpaired) electrons. The molecule has 0 aliphatic carbocycles. The normalized spacial score (nSPS) is 7.43. The maximum absolute atomic E-state index is 9.26. The zero-order valence-corrected chi connectivity index (χ0v) is 4.92. The number of aliphatic carboxylic acids is 1. The van der Waals surface area contributed by atoms with Crippen LogP contribution in [0.2, 0.25) is 5.32 Å². The summed E-state index contributed by atoms with van der Waals surface area (Å²) in [5.74, 6) is -1.31. The van der Waals surface area contributed by atoms with Gasteiger partial charge in [-0.15, -0.1) is 0 Å². The maximum atomic E-state index is 9.26. The van der Waals surface area contributed by atoms with Crippen LogP contribution >= 0.6 is 0 Å². The van der Waals surface area contributed by atoms with Crippen LogP contribution < -0.4 is 5.11 Å². The van der Waals surface area contributed by atoms with E-state index in [1.165, 1.54) is 0 Å². The molecule has 0 bridgehead atoms. The van der Waals surface area contributed by atoms with Crippen molar-refractivity contribution in [1.82, 2.24) is 0 Å². The number of carboxylic acids is 1. The van der Waals surface area contributed by atoms with E-state index in [-0.39, 0.29) is 32.0 Å². The van der Waals surface area contributed by atoms with E-state index in [2.05, 4.69) is 0 Å². The summed E-state index contributed by atoms with van der Waals surface area (Å²) in [6.07, 6.45) is 0. The second-order valence-corrected chi connectivity index (χ2v) is 1.17. The molecule has 0 amide bonds. The number of rotatable bonds is 2. The first-order valence-electron chi connectivity index (χ1n) is 1.10. The fourth-order valence-electron chi connectivity index (χ4n) is 0.0355. The molecule has 0 aliphatic rings. The van der Waals surface area contributed by atoms with Gasteiger partial charge in [0.2, 0.25) is 0 Å². The van der Waals surface area contributed by atoms with Gasteiger partial charge in [-0.3, -0.25) is 0 Å². The Kier molecular flexibility index (Phi) is 9.30. The summed E-state index contributed by atoms with van der Waals surface area (Å²) in [6, 6.07) is 0. The molecule has 0 fully saturated rings. The predicted molar refractivity (Wildman–Crippen MR) is 10.5 cm³/mol. The Hall–Kier alpha value is 0.309. The minimum atomic E-state index is -1.31. The topological polar surface area (TPSA) is 57.2 Å². The fraction of sp³-hybridized carbons (Fsp3) is 0.500. The first kappa shape index (κ1) is 10.3. The first-order valence-corrected chi connectivity index (χ1v) is 2.15. The van der Waals surface area contributed by atoms with E-state index in [1.54, 1.807) is 0 Å². The first-order chi connectivity index (χ1) is 2.77. The second kappa shape index (κ2) is 6.31. The predicted octanol–water partition coefficient (Wildman–Crippen LogP) is -1.42. The van der Waals surface area contributed by atoms with Crippen molar-refractivity contribution in [2.45, 2.75) is 5.32 Å². The van der Waals surface area contributed by atoms with Crippen molar-refractivity contribution in [3.05, 3.63) is 0 Å². The summed E-state index contributed by atoms with van der Waals surface area (Å²) in [4.78, 5) is 9.26. The van der Waals surface area contributed by atoms with E-state index in [1.807, 2.05) is 0 Å². The molecule has 0 aromatic carbocycles. The molecule has 0 unspecified atom stereocenters. The third-order valence-corrected chi connectivity index (χ3v) is 0.538. The molecule has 0 rings (SSSR count). The van der Waals surface area contributed by atoms with Crippen LogP contribution in [0.25, 0.3) is 0 Å². The van der Waals surface area contributed by atoms with Gasteiger partial charge >= 0.3 is 57.0 Å². The molecule has 7 heavy (non-hydrogen) atoms. The molecule has 5 heteroatoms. The van der Waals surface area contributed by atoms with Gasteiger partial charge in [-0.25, -0.2) is 0 Å². The summed E-state index contributed by atoms with van der Waals surface area (Å²) in [6.45, 7) is 0. The Morgan fingerprint density at radius 3 is 2.14 bits per heavy atom. The summed E-state index contributed by atoms with van der Waals surface area (Å²) < 4.78 is 9.23. The van der Waals surface area contributed by atoms with E-state index < -0.39 is 11.3 Å². The summed E-state index contributed by atoms with van der Waals surface area (Å²) in [5.41, 5.74) is 0. The van der Waals surface area contributed by atoms with Gasteiger partial charge in [0.25, 0.3) is 0 Å². The third-order valence-electron chi connectivity index (χ3n) is 0.131. The third kappa shape index (κ3) is 10.7. The average molecular weight is 201 g/mol. The molecule has 0 N–H and O–H groups in total. The number of carbonyl (C=O) groups is 1. The van der Waals surface area contributed by atoms with Crippen LogP contribution in [0.3, 0.4) is 0 Å². The molecule has 0 spiro atoms. The number of hydrogen-bond donors (Lipinski definition) is 0. The van der Waals surface area contributed by atoms with Crippen molar-refractivity contribution in [1.29, 1.82) is 0 Å².